The number of benzene rings is 1. The SMILES string of the molecule is Cc1noc(C)c1S(=O)(=O)N1CCC(Oc2ccc(F)cc2)CC1. The molecule has 2 heterocycles. The van der Waals surface area contributed by atoms with Crippen LogP contribution < -0.4 is 4.74 Å². The van der Waals surface area contributed by atoms with Gasteiger partial charge in [-0.05, 0) is 51.0 Å². The Kier molecular flexibility index (Phi) is 4.60. The van der Waals surface area contributed by atoms with E-state index < -0.39 is 10.0 Å². The Labute approximate surface area is 140 Å². The van der Waals surface area contributed by atoms with Crippen LogP contribution in [0, 0.1) is 19.7 Å². The fourth-order valence-corrected chi connectivity index (χ4v) is 4.63. The van der Waals surface area contributed by atoms with E-state index in [9.17, 15) is 12.8 Å². The minimum Gasteiger partial charge on any atom is -0.490 e. The van der Waals surface area contributed by atoms with Crippen LogP contribution in [0.5, 0.6) is 5.75 Å². The molecule has 1 aromatic carbocycles. The number of hydrogen-bond acceptors (Lipinski definition) is 5. The lowest BCUT2D eigenvalue weighted by molar-refractivity contribution is 0.135. The topological polar surface area (TPSA) is 72.6 Å². The first-order valence-electron chi connectivity index (χ1n) is 7.73. The lowest BCUT2D eigenvalue weighted by atomic mass is 10.1. The summed E-state index contributed by atoms with van der Waals surface area (Å²) in [5, 5.41) is 3.72. The fraction of sp³-hybridized carbons (Fsp3) is 0.438. The van der Waals surface area contributed by atoms with Gasteiger partial charge < -0.3 is 9.26 Å². The third-order valence-corrected chi connectivity index (χ3v) is 6.23. The van der Waals surface area contributed by atoms with Crippen molar-refractivity contribution in [3.05, 3.63) is 41.5 Å². The lowest BCUT2D eigenvalue weighted by Crippen LogP contribution is -2.42. The quantitative estimate of drug-likeness (QED) is 0.844. The van der Waals surface area contributed by atoms with E-state index in [1.54, 1.807) is 26.0 Å². The molecule has 1 aromatic heterocycles. The number of piperidine rings is 1. The first kappa shape index (κ1) is 16.9. The molecule has 0 saturated carbocycles. The number of rotatable bonds is 4. The average Bonchev–Trinajstić information content (AvgIpc) is 2.89. The van der Waals surface area contributed by atoms with Gasteiger partial charge in [-0.2, -0.15) is 4.31 Å². The second-order valence-corrected chi connectivity index (χ2v) is 7.70. The van der Waals surface area contributed by atoms with Gasteiger partial charge in [-0.25, -0.2) is 12.8 Å². The predicted octanol–water partition coefficient (Wildman–Crippen LogP) is 2.66. The number of hydrogen-bond donors (Lipinski definition) is 0. The molecular weight excluding hydrogens is 335 g/mol. The van der Waals surface area contributed by atoms with Crippen molar-refractivity contribution in [3.8, 4) is 5.75 Å². The molecule has 0 bridgehead atoms. The Balaban J connectivity index is 1.65. The maximum Gasteiger partial charge on any atom is 0.248 e. The molecule has 3 rings (SSSR count). The van der Waals surface area contributed by atoms with Gasteiger partial charge in [-0.15, -0.1) is 0 Å². The van der Waals surface area contributed by atoms with Crippen LogP contribution in [0.25, 0.3) is 0 Å². The van der Waals surface area contributed by atoms with Crippen molar-refractivity contribution < 1.29 is 22.1 Å². The number of sulfonamides is 1. The van der Waals surface area contributed by atoms with Crippen molar-refractivity contribution in [1.82, 2.24) is 9.46 Å². The summed E-state index contributed by atoms with van der Waals surface area (Å²) in [6.07, 6.45) is 1.05. The van der Waals surface area contributed by atoms with Crippen LogP contribution in [0.2, 0.25) is 0 Å². The molecule has 0 unspecified atom stereocenters. The highest BCUT2D eigenvalue weighted by Crippen LogP contribution is 2.27. The van der Waals surface area contributed by atoms with Gasteiger partial charge in [-0.1, -0.05) is 5.16 Å². The zero-order chi connectivity index (χ0) is 17.3. The van der Waals surface area contributed by atoms with Crippen LogP contribution in [0.15, 0.2) is 33.7 Å². The van der Waals surface area contributed by atoms with Gasteiger partial charge in [0.2, 0.25) is 10.0 Å². The fourth-order valence-electron chi connectivity index (χ4n) is 2.87. The minimum absolute atomic E-state index is 0.0911. The molecule has 1 fully saturated rings. The summed E-state index contributed by atoms with van der Waals surface area (Å²) in [5.41, 5.74) is 0.372. The summed E-state index contributed by atoms with van der Waals surface area (Å²) in [6.45, 7) is 3.93. The zero-order valence-electron chi connectivity index (χ0n) is 13.5. The molecule has 1 aliphatic heterocycles. The van der Waals surface area contributed by atoms with Crippen LogP contribution in [0.4, 0.5) is 4.39 Å². The van der Waals surface area contributed by atoms with Crippen molar-refractivity contribution in [2.75, 3.05) is 13.1 Å². The molecule has 1 saturated heterocycles. The van der Waals surface area contributed by atoms with Crippen LogP contribution in [0.3, 0.4) is 0 Å². The van der Waals surface area contributed by atoms with Crippen molar-refractivity contribution in [3.63, 3.8) is 0 Å². The van der Waals surface area contributed by atoms with Crippen LogP contribution in [-0.4, -0.2) is 37.1 Å². The smallest absolute Gasteiger partial charge is 0.248 e. The molecule has 130 valence electrons. The van der Waals surface area contributed by atoms with E-state index in [1.807, 2.05) is 0 Å². The largest absolute Gasteiger partial charge is 0.490 e. The second kappa shape index (κ2) is 6.52. The Morgan fingerprint density at radius 1 is 1.21 bits per heavy atom. The van der Waals surface area contributed by atoms with Gasteiger partial charge in [0, 0.05) is 13.1 Å². The Morgan fingerprint density at radius 3 is 2.38 bits per heavy atom. The Morgan fingerprint density at radius 2 is 1.83 bits per heavy atom. The number of ether oxygens (including phenoxy) is 1. The highest BCUT2D eigenvalue weighted by Gasteiger charge is 2.34. The lowest BCUT2D eigenvalue weighted by Gasteiger charge is -2.31. The summed E-state index contributed by atoms with van der Waals surface area (Å²) >= 11 is 0. The van der Waals surface area contributed by atoms with Crippen molar-refractivity contribution in [2.24, 2.45) is 0 Å². The summed E-state index contributed by atoms with van der Waals surface area (Å²) < 4.78 is 50.6. The predicted molar refractivity (Wildman–Crippen MR) is 84.8 cm³/mol. The Hall–Kier alpha value is -1.93. The first-order valence-corrected chi connectivity index (χ1v) is 9.17. The van der Waals surface area contributed by atoms with E-state index in [1.165, 1.54) is 16.4 Å². The second-order valence-electron chi connectivity index (χ2n) is 5.83. The summed E-state index contributed by atoms with van der Waals surface area (Å²) in [4.78, 5) is 0.153. The molecular formula is C16H19FN2O4S. The highest BCUT2D eigenvalue weighted by atomic mass is 32.2. The number of aromatic nitrogens is 1. The minimum atomic E-state index is -3.61. The normalized spacial score (nSPS) is 17.1. The molecule has 0 atom stereocenters. The van der Waals surface area contributed by atoms with E-state index in [0.717, 1.165) is 0 Å². The van der Waals surface area contributed by atoms with Crippen molar-refractivity contribution in [2.45, 2.75) is 37.7 Å². The van der Waals surface area contributed by atoms with Gasteiger partial charge in [0.15, 0.2) is 5.76 Å². The molecule has 6 nitrogen and oxygen atoms in total. The number of nitrogens with zero attached hydrogens (tertiary/aromatic N) is 2. The van der Waals surface area contributed by atoms with Crippen molar-refractivity contribution >= 4 is 10.0 Å². The Bertz CT molecular complexity index is 790. The molecule has 0 aliphatic carbocycles. The molecule has 0 amide bonds. The summed E-state index contributed by atoms with van der Waals surface area (Å²) in [7, 11) is -3.61. The molecule has 0 N–H and O–H groups in total. The van der Waals surface area contributed by atoms with Gasteiger partial charge in [-0.3, -0.25) is 0 Å². The van der Waals surface area contributed by atoms with E-state index in [4.69, 9.17) is 9.26 Å². The van der Waals surface area contributed by atoms with E-state index in [0.29, 0.717) is 43.1 Å². The monoisotopic (exact) mass is 354 g/mol. The molecule has 24 heavy (non-hydrogen) atoms. The summed E-state index contributed by atoms with van der Waals surface area (Å²) in [6, 6.07) is 5.82. The third kappa shape index (κ3) is 3.29. The number of halogens is 1. The van der Waals surface area contributed by atoms with Crippen LogP contribution in [0.1, 0.15) is 24.3 Å². The molecule has 1 aliphatic rings. The average molecular weight is 354 g/mol. The summed E-state index contributed by atoms with van der Waals surface area (Å²) in [5.74, 6) is 0.573. The maximum absolute atomic E-state index is 12.9. The van der Waals surface area contributed by atoms with Crippen LogP contribution >= 0.6 is 0 Å². The zero-order valence-corrected chi connectivity index (χ0v) is 14.3. The van der Waals surface area contributed by atoms with E-state index in [2.05, 4.69) is 5.16 Å². The number of aryl methyl sites for hydroxylation is 2. The third-order valence-electron chi connectivity index (χ3n) is 4.08. The molecule has 0 radical (unpaired) electrons. The van der Waals surface area contributed by atoms with Gasteiger partial charge in [0.25, 0.3) is 0 Å². The molecule has 8 heteroatoms. The highest BCUT2D eigenvalue weighted by molar-refractivity contribution is 7.89. The standard InChI is InChI=1S/C16H19FN2O4S/c1-11-16(12(2)23-18-11)24(20,21)19-9-7-15(8-10-19)22-14-5-3-13(17)4-6-14/h3-6,15H,7-10H2,1-2H3. The van der Waals surface area contributed by atoms with Crippen molar-refractivity contribution in [1.29, 1.82) is 0 Å². The van der Waals surface area contributed by atoms with E-state index in [-0.39, 0.29) is 16.8 Å². The maximum atomic E-state index is 12.9. The van der Waals surface area contributed by atoms with E-state index >= 15 is 0 Å². The van der Waals surface area contributed by atoms with Gasteiger partial charge >= 0.3 is 0 Å². The van der Waals surface area contributed by atoms with Gasteiger partial charge in [0.1, 0.15) is 28.3 Å². The molecule has 2 aromatic rings. The first-order chi connectivity index (χ1) is 11.4. The van der Waals surface area contributed by atoms with Crippen LogP contribution in [-0.2, 0) is 10.0 Å². The van der Waals surface area contributed by atoms with Gasteiger partial charge in [0.05, 0.1) is 0 Å². The molecule has 0 spiro atoms.